The van der Waals surface area contributed by atoms with E-state index in [1.807, 2.05) is 29.8 Å². The predicted molar refractivity (Wildman–Crippen MR) is 89.4 cm³/mol. The van der Waals surface area contributed by atoms with Crippen LogP contribution in [0.2, 0.25) is 0 Å². The lowest BCUT2D eigenvalue weighted by atomic mass is 10.2. The molecular formula is C15H20IN5OS. The van der Waals surface area contributed by atoms with Crippen LogP contribution in [-0.2, 0) is 4.79 Å². The predicted octanol–water partition coefficient (Wildman–Crippen LogP) is 0.786. The summed E-state index contributed by atoms with van der Waals surface area (Å²) in [5.41, 5.74) is 2.38. The number of aromatic nitrogens is 1. The third-order valence-corrected chi connectivity index (χ3v) is 3.80. The van der Waals surface area contributed by atoms with Gasteiger partial charge >= 0.3 is 5.13 Å². The van der Waals surface area contributed by atoms with Crippen molar-refractivity contribution in [3.63, 3.8) is 0 Å². The Morgan fingerprint density at radius 3 is 2.61 bits per heavy atom. The van der Waals surface area contributed by atoms with Crippen LogP contribution < -0.4 is 39.2 Å². The van der Waals surface area contributed by atoms with Crippen LogP contribution in [0.1, 0.15) is 20.8 Å². The van der Waals surface area contributed by atoms with Crippen LogP contribution in [0.3, 0.4) is 0 Å². The van der Waals surface area contributed by atoms with Crippen molar-refractivity contribution in [3.05, 3.63) is 29.8 Å². The second-order valence-corrected chi connectivity index (χ2v) is 5.49. The zero-order valence-corrected chi connectivity index (χ0v) is 16.3. The Kier molecular flexibility index (Phi) is 8.10. The maximum absolute atomic E-state index is 11.4. The Labute approximate surface area is 157 Å². The van der Waals surface area contributed by atoms with Crippen LogP contribution in [0.15, 0.2) is 40.0 Å². The number of hydrogen-bond acceptors (Lipinski definition) is 5. The van der Waals surface area contributed by atoms with Crippen molar-refractivity contribution in [1.82, 2.24) is 0 Å². The maximum atomic E-state index is 11.4. The Morgan fingerprint density at radius 1 is 1.30 bits per heavy atom. The number of anilines is 2. The minimum absolute atomic E-state index is 0. The van der Waals surface area contributed by atoms with E-state index in [1.165, 1.54) is 18.3 Å². The molecule has 0 bridgehead atoms. The molecule has 0 radical (unpaired) electrons. The summed E-state index contributed by atoms with van der Waals surface area (Å²) in [5.74, 6) is -0.103. The number of nitrogens with zero attached hydrogens (tertiary/aromatic N) is 3. The molecule has 2 aromatic rings. The standard InChI is InChI=1S/C15H19N5OS.HI/c1-4-20(5-2)14-12(17-11(3)21)7-6-8-13(14)18-19-15-16-9-10-22-15;/h6-10H,4-5H2,1-3H3,(H,17,21);1H. The fourth-order valence-electron chi connectivity index (χ4n) is 2.16. The fraction of sp³-hybridized carbons (Fsp3) is 0.333. The number of azo groups is 1. The number of halogens is 1. The number of carbonyl (C=O) groups excluding carboxylic acids is 1. The minimum atomic E-state index is -0.103. The Bertz CT molecular complexity index is 656. The summed E-state index contributed by atoms with van der Waals surface area (Å²) in [5, 5.41) is 14.1. The first-order chi connectivity index (χ1) is 10.7. The van der Waals surface area contributed by atoms with Crippen molar-refractivity contribution in [1.29, 1.82) is 0 Å². The largest absolute Gasteiger partial charge is 1.00 e. The van der Waals surface area contributed by atoms with Gasteiger partial charge in [-0.15, -0.1) is 0 Å². The van der Waals surface area contributed by atoms with E-state index in [0.29, 0.717) is 0 Å². The average molecular weight is 445 g/mol. The molecule has 6 nitrogen and oxygen atoms in total. The fourth-order valence-corrected chi connectivity index (χ4v) is 2.65. The van der Waals surface area contributed by atoms with E-state index in [4.69, 9.17) is 0 Å². The second-order valence-electron chi connectivity index (χ2n) is 4.60. The van der Waals surface area contributed by atoms with Gasteiger partial charge in [-0.05, 0) is 42.4 Å². The van der Waals surface area contributed by atoms with Crippen LogP contribution in [0.25, 0.3) is 0 Å². The van der Waals surface area contributed by atoms with Crippen LogP contribution in [0.5, 0.6) is 0 Å². The summed E-state index contributed by atoms with van der Waals surface area (Å²) in [6, 6.07) is 5.65. The van der Waals surface area contributed by atoms with Gasteiger partial charge in [0.2, 0.25) is 5.91 Å². The molecule has 0 saturated carbocycles. The molecule has 0 saturated heterocycles. The van der Waals surface area contributed by atoms with Crippen molar-refractivity contribution in [2.75, 3.05) is 23.3 Å². The van der Waals surface area contributed by atoms with Crippen molar-refractivity contribution in [2.24, 2.45) is 10.2 Å². The van der Waals surface area contributed by atoms with E-state index in [1.54, 1.807) is 0 Å². The molecule has 0 spiro atoms. The molecule has 0 fully saturated rings. The van der Waals surface area contributed by atoms with E-state index in [2.05, 4.69) is 39.3 Å². The number of para-hydroxylation sites is 1. The lowest BCUT2D eigenvalue weighted by Gasteiger charge is -2.24. The van der Waals surface area contributed by atoms with Gasteiger partial charge in [0, 0.05) is 25.4 Å². The van der Waals surface area contributed by atoms with Gasteiger partial charge in [-0.25, -0.2) is 4.98 Å². The number of H-pyrrole nitrogens is 1. The Morgan fingerprint density at radius 2 is 2.04 bits per heavy atom. The number of thiazole rings is 1. The molecule has 124 valence electrons. The average Bonchev–Trinajstić information content (AvgIpc) is 3.01. The van der Waals surface area contributed by atoms with Gasteiger partial charge in [0.25, 0.3) is 0 Å². The van der Waals surface area contributed by atoms with Crippen molar-refractivity contribution in [3.8, 4) is 0 Å². The summed E-state index contributed by atoms with van der Waals surface area (Å²) in [7, 11) is 0. The van der Waals surface area contributed by atoms with Crippen LogP contribution in [0.4, 0.5) is 22.2 Å². The Hall–Kier alpha value is -1.55. The molecule has 0 aliphatic heterocycles. The normalized spacial score (nSPS) is 10.4. The molecule has 2 rings (SSSR count). The third kappa shape index (κ3) is 5.24. The van der Waals surface area contributed by atoms with Gasteiger partial charge in [-0.2, -0.15) is 0 Å². The van der Waals surface area contributed by atoms with E-state index in [-0.39, 0.29) is 29.9 Å². The van der Waals surface area contributed by atoms with Crippen LogP contribution in [0, 0.1) is 0 Å². The molecule has 2 N–H and O–H groups in total. The Balaban J connectivity index is 0.00000264. The molecule has 1 amide bonds. The molecule has 0 aliphatic rings. The number of carbonyl (C=O) groups is 1. The first kappa shape index (κ1) is 19.5. The van der Waals surface area contributed by atoms with Gasteiger partial charge in [-0.3, -0.25) is 4.79 Å². The van der Waals surface area contributed by atoms with E-state index in [0.717, 1.165) is 35.3 Å². The quantitative estimate of drug-likeness (QED) is 0.528. The molecular weight excluding hydrogens is 425 g/mol. The highest BCUT2D eigenvalue weighted by molar-refractivity contribution is 7.12. The van der Waals surface area contributed by atoms with E-state index >= 15 is 0 Å². The summed E-state index contributed by atoms with van der Waals surface area (Å²) in [6.07, 6.45) is 1.82. The monoisotopic (exact) mass is 445 g/mol. The highest BCUT2D eigenvalue weighted by Gasteiger charge is 2.16. The second kappa shape index (κ2) is 9.56. The number of rotatable bonds is 6. The first-order valence-corrected chi connectivity index (χ1v) is 8.06. The molecule has 0 unspecified atom stereocenters. The van der Waals surface area contributed by atoms with Gasteiger partial charge in [0.1, 0.15) is 5.69 Å². The highest BCUT2D eigenvalue weighted by Crippen LogP contribution is 2.37. The minimum Gasteiger partial charge on any atom is -1.00 e. The summed E-state index contributed by atoms with van der Waals surface area (Å²) >= 11 is 1.48. The molecule has 1 aromatic carbocycles. The van der Waals surface area contributed by atoms with E-state index in [9.17, 15) is 4.79 Å². The van der Waals surface area contributed by atoms with Crippen LogP contribution in [-0.4, -0.2) is 19.0 Å². The molecule has 1 aromatic heterocycles. The van der Waals surface area contributed by atoms with E-state index < -0.39 is 0 Å². The molecule has 23 heavy (non-hydrogen) atoms. The smallest absolute Gasteiger partial charge is 0.406 e. The van der Waals surface area contributed by atoms with Gasteiger partial charge in [0.05, 0.1) is 22.7 Å². The number of hydrogen-bond donors (Lipinski definition) is 1. The summed E-state index contributed by atoms with van der Waals surface area (Å²) in [4.78, 5) is 16.6. The summed E-state index contributed by atoms with van der Waals surface area (Å²) in [6.45, 7) is 7.28. The lowest BCUT2D eigenvalue weighted by molar-refractivity contribution is -0.356. The zero-order valence-electron chi connectivity index (χ0n) is 13.3. The number of aromatic amines is 1. The topological polar surface area (TPSA) is 71.2 Å². The van der Waals surface area contributed by atoms with Gasteiger partial charge < -0.3 is 34.2 Å². The summed E-state index contributed by atoms with van der Waals surface area (Å²) < 4.78 is 0. The first-order valence-electron chi connectivity index (χ1n) is 7.18. The third-order valence-electron chi connectivity index (χ3n) is 3.11. The van der Waals surface area contributed by atoms with Crippen molar-refractivity contribution < 1.29 is 33.8 Å². The molecule has 0 aliphatic carbocycles. The van der Waals surface area contributed by atoms with Crippen LogP contribution >= 0.6 is 11.3 Å². The molecule has 0 atom stereocenters. The van der Waals surface area contributed by atoms with Crippen molar-refractivity contribution in [2.45, 2.75) is 20.8 Å². The number of amides is 1. The maximum Gasteiger partial charge on any atom is 0.406 e. The highest BCUT2D eigenvalue weighted by atomic mass is 127. The number of nitrogens with one attached hydrogen (secondary N) is 2. The lowest BCUT2D eigenvalue weighted by Crippen LogP contribution is -3.00. The molecule has 8 heteroatoms. The molecule has 1 heterocycles. The SMILES string of the molecule is CCN(CC)c1c(N=Nc2[nH+]ccs2)cccc1NC(C)=O.[I-]. The zero-order chi connectivity index (χ0) is 15.9. The van der Waals surface area contributed by atoms with Gasteiger partial charge in [0.15, 0.2) is 0 Å². The van der Waals surface area contributed by atoms with Gasteiger partial charge in [-0.1, -0.05) is 6.07 Å². The number of benzene rings is 1. The van der Waals surface area contributed by atoms with Crippen molar-refractivity contribution >= 4 is 39.4 Å².